The van der Waals surface area contributed by atoms with Crippen LogP contribution in [0.25, 0.3) is 0 Å². The Labute approximate surface area is 108 Å². The Morgan fingerprint density at radius 2 is 1.89 bits per heavy atom. The fraction of sp³-hybridized carbons (Fsp3) is 0.667. The molecule has 0 saturated heterocycles. The van der Waals surface area contributed by atoms with Crippen LogP contribution >= 0.6 is 0 Å². The summed E-state index contributed by atoms with van der Waals surface area (Å²) in [6.07, 6.45) is 1.02. The summed E-state index contributed by atoms with van der Waals surface area (Å²) in [5.74, 6) is 2.18. The Balaban J connectivity index is 2.87. The highest BCUT2D eigenvalue weighted by Crippen LogP contribution is 2.15. The maximum Gasteiger partial charge on any atom is 0.134 e. The lowest BCUT2D eigenvalue weighted by atomic mass is 10.4. The number of aryl methyl sites for hydroxylation is 1. The van der Waals surface area contributed by atoms with Crippen molar-refractivity contribution in [3.8, 4) is 0 Å². The summed E-state index contributed by atoms with van der Waals surface area (Å²) in [4.78, 5) is 10.5. The Bertz CT molecular complexity index is 354. The van der Waals surface area contributed by atoms with E-state index in [-0.39, 0.29) is 13.2 Å². The Kier molecular flexibility index (Phi) is 6.38. The predicted octanol–water partition coefficient (Wildman–Crippen LogP) is 0.398. The summed E-state index contributed by atoms with van der Waals surface area (Å²) >= 11 is 0. The van der Waals surface area contributed by atoms with Crippen LogP contribution in [-0.2, 0) is 0 Å². The van der Waals surface area contributed by atoms with Crippen LogP contribution in [0.4, 0.5) is 11.6 Å². The van der Waals surface area contributed by atoms with Gasteiger partial charge in [-0.1, -0.05) is 6.92 Å². The number of hydrogen-bond donors (Lipinski definition) is 3. The van der Waals surface area contributed by atoms with E-state index in [1.807, 2.05) is 17.9 Å². The highest BCUT2D eigenvalue weighted by molar-refractivity contribution is 5.49. The van der Waals surface area contributed by atoms with Crippen molar-refractivity contribution in [2.75, 3.05) is 43.1 Å². The molecule has 1 rings (SSSR count). The SMILES string of the molecule is CCCNc1cc(N(CCO)CCO)nc(C)n1. The van der Waals surface area contributed by atoms with Crippen molar-refractivity contribution >= 4 is 11.6 Å². The van der Waals surface area contributed by atoms with Gasteiger partial charge in [-0.2, -0.15) is 0 Å². The molecule has 102 valence electrons. The van der Waals surface area contributed by atoms with E-state index in [9.17, 15) is 0 Å². The quantitative estimate of drug-likeness (QED) is 0.623. The smallest absolute Gasteiger partial charge is 0.134 e. The number of hydrogen-bond acceptors (Lipinski definition) is 6. The molecule has 3 N–H and O–H groups in total. The van der Waals surface area contributed by atoms with Gasteiger partial charge in [-0.3, -0.25) is 0 Å². The third-order valence-corrected chi connectivity index (χ3v) is 2.44. The highest BCUT2D eigenvalue weighted by atomic mass is 16.3. The van der Waals surface area contributed by atoms with Gasteiger partial charge >= 0.3 is 0 Å². The molecule has 1 aromatic heterocycles. The van der Waals surface area contributed by atoms with Crippen molar-refractivity contribution in [2.24, 2.45) is 0 Å². The van der Waals surface area contributed by atoms with Crippen molar-refractivity contribution in [3.63, 3.8) is 0 Å². The summed E-state index contributed by atoms with van der Waals surface area (Å²) in [6.45, 7) is 5.73. The van der Waals surface area contributed by atoms with E-state index in [0.717, 1.165) is 24.6 Å². The molecule has 1 heterocycles. The Morgan fingerprint density at radius 3 is 2.44 bits per heavy atom. The maximum absolute atomic E-state index is 9.02. The number of anilines is 2. The number of nitrogens with zero attached hydrogens (tertiary/aromatic N) is 3. The van der Waals surface area contributed by atoms with Crippen LogP contribution in [0.15, 0.2) is 6.07 Å². The lowest BCUT2D eigenvalue weighted by molar-refractivity contribution is 0.280. The van der Waals surface area contributed by atoms with Gasteiger partial charge in [0, 0.05) is 25.7 Å². The first-order valence-electron chi connectivity index (χ1n) is 6.27. The second-order valence-corrected chi connectivity index (χ2v) is 4.02. The third kappa shape index (κ3) is 4.46. The van der Waals surface area contributed by atoms with E-state index in [2.05, 4.69) is 22.2 Å². The number of nitrogens with one attached hydrogen (secondary N) is 1. The van der Waals surface area contributed by atoms with Crippen LogP contribution in [0.1, 0.15) is 19.2 Å². The molecule has 0 fully saturated rings. The van der Waals surface area contributed by atoms with Crippen molar-refractivity contribution < 1.29 is 10.2 Å². The fourth-order valence-electron chi connectivity index (χ4n) is 1.64. The van der Waals surface area contributed by atoms with Gasteiger partial charge in [0.05, 0.1) is 13.2 Å². The minimum absolute atomic E-state index is 0.0285. The summed E-state index contributed by atoms with van der Waals surface area (Å²) < 4.78 is 0. The molecule has 1 aromatic rings. The third-order valence-electron chi connectivity index (χ3n) is 2.44. The lowest BCUT2D eigenvalue weighted by Crippen LogP contribution is -2.30. The molecule has 0 radical (unpaired) electrons. The summed E-state index contributed by atoms with van der Waals surface area (Å²) in [5.41, 5.74) is 0. The summed E-state index contributed by atoms with van der Waals surface area (Å²) in [6, 6.07) is 1.84. The van der Waals surface area contributed by atoms with Crippen LogP contribution in [0.5, 0.6) is 0 Å². The molecule has 6 nitrogen and oxygen atoms in total. The zero-order valence-electron chi connectivity index (χ0n) is 11.1. The van der Waals surface area contributed by atoms with Gasteiger partial charge in [0.15, 0.2) is 0 Å². The van der Waals surface area contributed by atoms with Gasteiger partial charge in [-0.25, -0.2) is 9.97 Å². The zero-order valence-corrected chi connectivity index (χ0v) is 11.1. The van der Waals surface area contributed by atoms with E-state index in [1.165, 1.54) is 0 Å². The first-order valence-corrected chi connectivity index (χ1v) is 6.27. The molecule has 0 saturated carbocycles. The number of aromatic nitrogens is 2. The lowest BCUT2D eigenvalue weighted by Gasteiger charge is -2.22. The first kappa shape index (κ1) is 14.7. The Morgan fingerprint density at radius 1 is 1.22 bits per heavy atom. The van der Waals surface area contributed by atoms with E-state index in [1.54, 1.807) is 0 Å². The maximum atomic E-state index is 9.02. The number of aliphatic hydroxyl groups is 2. The predicted molar refractivity (Wildman–Crippen MR) is 71.9 cm³/mol. The molecular formula is C12H22N4O2. The van der Waals surface area contributed by atoms with Gasteiger partial charge in [0.2, 0.25) is 0 Å². The van der Waals surface area contributed by atoms with Crippen LogP contribution in [0.3, 0.4) is 0 Å². The van der Waals surface area contributed by atoms with Crippen LogP contribution in [-0.4, -0.2) is 53.0 Å². The van der Waals surface area contributed by atoms with Gasteiger partial charge < -0.3 is 20.4 Å². The van der Waals surface area contributed by atoms with Gasteiger partial charge in [-0.15, -0.1) is 0 Å². The molecule has 0 bridgehead atoms. The summed E-state index contributed by atoms with van der Waals surface area (Å²) in [7, 11) is 0. The molecular weight excluding hydrogens is 232 g/mol. The molecule has 0 aliphatic rings. The van der Waals surface area contributed by atoms with E-state index in [0.29, 0.717) is 18.9 Å². The molecule has 6 heteroatoms. The van der Waals surface area contributed by atoms with Gasteiger partial charge in [0.1, 0.15) is 17.5 Å². The van der Waals surface area contributed by atoms with E-state index in [4.69, 9.17) is 10.2 Å². The molecule has 0 amide bonds. The first-order chi connectivity index (χ1) is 8.71. The summed E-state index contributed by atoms with van der Waals surface area (Å²) in [5, 5.41) is 21.3. The normalized spacial score (nSPS) is 10.4. The molecule has 0 unspecified atom stereocenters. The molecule has 0 aromatic carbocycles. The van der Waals surface area contributed by atoms with Crippen molar-refractivity contribution in [3.05, 3.63) is 11.9 Å². The minimum Gasteiger partial charge on any atom is -0.395 e. The van der Waals surface area contributed by atoms with E-state index < -0.39 is 0 Å². The van der Waals surface area contributed by atoms with Crippen molar-refractivity contribution in [1.29, 1.82) is 0 Å². The van der Waals surface area contributed by atoms with Crippen LogP contribution < -0.4 is 10.2 Å². The Hall–Kier alpha value is -1.40. The molecule has 0 aliphatic carbocycles. The monoisotopic (exact) mass is 254 g/mol. The van der Waals surface area contributed by atoms with Crippen LogP contribution in [0, 0.1) is 6.92 Å². The molecule has 0 aliphatic heterocycles. The second kappa shape index (κ2) is 7.84. The average molecular weight is 254 g/mol. The fourth-order valence-corrected chi connectivity index (χ4v) is 1.64. The van der Waals surface area contributed by atoms with Crippen molar-refractivity contribution in [1.82, 2.24) is 9.97 Å². The van der Waals surface area contributed by atoms with Gasteiger partial charge in [0.25, 0.3) is 0 Å². The number of rotatable bonds is 8. The highest BCUT2D eigenvalue weighted by Gasteiger charge is 2.09. The molecule has 0 spiro atoms. The molecule has 0 atom stereocenters. The van der Waals surface area contributed by atoms with Crippen molar-refractivity contribution in [2.45, 2.75) is 20.3 Å². The van der Waals surface area contributed by atoms with Gasteiger partial charge in [-0.05, 0) is 13.3 Å². The minimum atomic E-state index is 0.0285. The number of aliphatic hydroxyl groups excluding tert-OH is 2. The van der Waals surface area contributed by atoms with Crippen LogP contribution in [0.2, 0.25) is 0 Å². The second-order valence-electron chi connectivity index (χ2n) is 4.02. The molecule has 18 heavy (non-hydrogen) atoms. The largest absolute Gasteiger partial charge is 0.395 e. The standard InChI is InChI=1S/C12H22N4O2/c1-3-4-13-11-9-12(15-10(2)14-11)16(5-7-17)6-8-18/h9,17-18H,3-8H2,1-2H3,(H,13,14,15). The zero-order chi connectivity index (χ0) is 13.4. The average Bonchev–Trinajstić information content (AvgIpc) is 2.35. The topological polar surface area (TPSA) is 81.5 Å². The van der Waals surface area contributed by atoms with E-state index >= 15 is 0 Å².